The molecule has 0 aromatic heterocycles. The molecule has 2 N–H and O–H groups in total. The van der Waals surface area contributed by atoms with Crippen LogP contribution >= 0.6 is 15.9 Å². The van der Waals surface area contributed by atoms with Crippen molar-refractivity contribution in [3.05, 3.63) is 34.3 Å². The maximum absolute atomic E-state index is 11.8. The number of amides is 2. The van der Waals surface area contributed by atoms with Gasteiger partial charge in [-0.15, -0.1) is 0 Å². The number of ether oxygens (including phenoxy) is 1. The Bertz CT molecular complexity index is 546. The van der Waals surface area contributed by atoms with Gasteiger partial charge in [0, 0.05) is 16.6 Å². The number of hydrogen-bond donors (Lipinski definition) is 2. The van der Waals surface area contributed by atoms with Gasteiger partial charge in [0.2, 0.25) is 0 Å². The first-order valence-electron chi connectivity index (χ1n) is 7.99. The maximum atomic E-state index is 11.8. The Kier molecular flexibility index (Phi) is 9.76. The first-order chi connectivity index (χ1) is 11.5. The van der Waals surface area contributed by atoms with Crippen molar-refractivity contribution < 1.29 is 19.1 Å². The predicted molar refractivity (Wildman–Crippen MR) is 94.6 cm³/mol. The second-order valence-electron chi connectivity index (χ2n) is 5.26. The van der Waals surface area contributed by atoms with Crippen molar-refractivity contribution in [3.63, 3.8) is 0 Å². The van der Waals surface area contributed by atoms with E-state index in [0.717, 1.165) is 30.2 Å². The largest absolute Gasteiger partial charge is 0.454 e. The Balaban J connectivity index is 2.16. The molecule has 0 saturated carbocycles. The molecule has 0 fully saturated rings. The van der Waals surface area contributed by atoms with E-state index in [1.165, 1.54) is 0 Å². The van der Waals surface area contributed by atoms with Crippen LogP contribution in [0.3, 0.4) is 0 Å². The summed E-state index contributed by atoms with van der Waals surface area (Å²) in [6, 6.07) is 6.74. The van der Waals surface area contributed by atoms with Gasteiger partial charge in [0.15, 0.2) is 6.61 Å². The number of esters is 1. The molecule has 7 heteroatoms. The van der Waals surface area contributed by atoms with Gasteiger partial charge in [-0.3, -0.25) is 14.4 Å². The van der Waals surface area contributed by atoms with Crippen molar-refractivity contribution in [2.45, 2.75) is 32.6 Å². The van der Waals surface area contributed by atoms with E-state index in [0.29, 0.717) is 12.1 Å². The van der Waals surface area contributed by atoms with Crippen molar-refractivity contribution in [2.24, 2.45) is 0 Å². The molecular formula is C17H23BrN2O4. The summed E-state index contributed by atoms with van der Waals surface area (Å²) < 4.78 is 5.67. The van der Waals surface area contributed by atoms with Crippen molar-refractivity contribution in [1.82, 2.24) is 10.6 Å². The molecule has 0 bridgehead atoms. The first kappa shape index (κ1) is 20.2. The highest BCUT2D eigenvalue weighted by atomic mass is 79.9. The minimum absolute atomic E-state index is 0.279. The second-order valence-corrected chi connectivity index (χ2v) is 6.18. The number of carbonyl (C=O) groups is 3. The van der Waals surface area contributed by atoms with Crippen LogP contribution in [0, 0.1) is 0 Å². The van der Waals surface area contributed by atoms with Gasteiger partial charge in [-0.05, 0) is 30.7 Å². The first-order valence-corrected chi connectivity index (χ1v) is 8.78. The summed E-state index contributed by atoms with van der Waals surface area (Å²) in [6.45, 7) is 2.09. The topological polar surface area (TPSA) is 84.5 Å². The fraction of sp³-hybridized carbons (Fsp3) is 0.471. The molecule has 2 amide bonds. The van der Waals surface area contributed by atoms with Crippen LogP contribution in [0.5, 0.6) is 0 Å². The standard InChI is InChI=1S/C17H23BrN2O4/c1-2-3-4-5-10-19-15(21)12-24-16(22)11-20-17(23)13-6-8-14(18)9-7-13/h6-9H,2-5,10-12H2,1H3,(H,19,21)(H,20,23). The Morgan fingerprint density at radius 2 is 1.75 bits per heavy atom. The van der Waals surface area contributed by atoms with Gasteiger partial charge in [0.25, 0.3) is 11.8 Å². The summed E-state index contributed by atoms with van der Waals surface area (Å²) in [4.78, 5) is 34.8. The number of nitrogens with one attached hydrogen (secondary N) is 2. The van der Waals surface area contributed by atoms with E-state index < -0.39 is 5.97 Å². The van der Waals surface area contributed by atoms with Crippen LogP contribution in [0.4, 0.5) is 0 Å². The number of benzene rings is 1. The van der Waals surface area contributed by atoms with Gasteiger partial charge in [0.05, 0.1) is 0 Å². The van der Waals surface area contributed by atoms with Crippen LogP contribution in [0.25, 0.3) is 0 Å². The Morgan fingerprint density at radius 3 is 2.42 bits per heavy atom. The molecule has 0 aliphatic rings. The van der Waals surface area contributed by atoms with E-state index in [1.807, 2.05) is 0 Å². The lowest BCUT2D eigenvalue weighted by Crippen LogP contribution is -2.34. The van der Waals surface area contributed by atoms with Crippen molar-refractivity contribution in [1.29, 1.82) is 0 Å². The smallest absolute Gasteiger partial charge is 0.325 e. The molecule has 24 heavy (non-hydrogen) atoms. The van der Waals surface area contributed by atoms with E-state index >= 15 is 0 Å². The van der Waals surface area contributed by atoms with Crippen molar-refractivity contribution in [3.8, 4) is 0 Å². The summed E-state index contributed by atoms with van der Waals surface area (Å²) in [5.74, 6) is -1.36. The van der Waals surface area contributed by atoms with Gasteiger partial charge < -0.3 is 15.4 Å². The lowest BCUT2D eigenvalue weighted by Gasteiger charge is -2.07. The van der Waals surface area contributed by atoms with E-state index in [9.17, 15) is 14.4 Å². The third-order valence-corrected chi connectivity index (χ3v) is 3.75. The SMILES string of the molecule is CCCCCCNC(=O)COC(=O)CNC(=O)c1ccc(Br)cc1. The third-order valence-electron chi connectivity index (χ3n) is 3.22. The van der Waals surface area contributed by atoms with Crippen molar-refractivity contribution in [2.75, 3.05) is 19.7 Å². The molecule has 0 saturated heterocycles. The van der Waals surface area contributed by atoms with Gasteiger partial charge in [0.1, 0.15) is 6.54 Å². The highest BCUT2D eigenvalue weighted by molar-refractivity contribution is 9.10. The molecule has 0 unspecified atom stereocenters. The van der Waals surface area contributed by atoms with Crippen LogP contribution in [0.1, 0.15) is 43.0 Å². The number of unbranched alkanes of at least 4 members (excludes halogenated alkanes) is 3. The summed E-state index contributed by atoms with van der Waals surface area (Å²) >= 11 is 3.28. The maximum Gasteiger partial charge on any atom is 0.325 e. The Morgan fingerprint density at radius 1 is 1.04 bits per heavy atom. The minimum Gasteiger partial charge on any atom is -0.454 e. The third kappa shape index (κ3) is 8.67. The summed E-state index contributed by atoms with van der Waals surface area (Å²) in [5.41, 5.74) is 0.441. The normalized spacial score (nSPS) is 10.1. The fourth-order valence-electron chi connectivity index (χ4n) is 1.88. The summed E-state index contributed by atoms with van der Waals surface area (Å²) in [5, 5.41) is 5.13. The zero-order valence-corrected chi connectivity index (χ0v) is 15.4. The van der Waals surface area contributed by atoms with Crippen LogP contribution in [-0.4, -0.2) is 37.5 Å². The molecular weight excluding hydrogens is 376 g/mol. The van der Waals surface area contributed by atoms with Gasteiger partial charge in [-0.1, -0.05) is 42.1 Å². The average Bonchev–Trinajstić information content (AvgIpc) is 2.58. The Hall–Kier alpha value is -1.89. The molecule has 1 aromatic carbocycles. The Labute approximate surface area is 150 Å². The summed E-state index contributed by atoms with van der Waals surface area (Å²) in [7, 11) is 0. The molecule has 0 spiro atoms. The molecule has 1 rings (SSSR count). The molecule has 132 valence electrons. The monoisotopic (exact) mass is 398 g/mol. The fourth-order valence-corrected chi connectivity index (χ4v) is 2.15. The average molecular weight is 399 g/mol. The lowest BCUT2D eigenvalue weighted by atomic mass is 10.2. The molecule has 0 atom stereocenters. The van der Waals surface area contributed by atoms with Crippen molar-refractivity contribution >= 4 is 33.7 Å². The summed E-state index contributed by atoms with van der Waals surface area (Å²) in [6.07, 6.45) is 4.26. The highest BCUT2D eigenvalue weighted by Crippen LogP contribution is 2.10. The minimum atomic E-state index is -0.651. The molecule has 6 nitrogen and oxygen atoms in total. The quantitative estimate of drug-likeness (QED) is 0.468. The van der Waals surface area contributed by atoms with E-state index in [4.69, 9.17) is 4.74 Å². The highest BCUT2D eigenvalue weighted by Gasteiger charge is 2.10. The lowest BCUT2D eigenvalue weighted by molar-refractivity contribution is -0.147. The van der Waals surface area contributed by atoms with Gasteiger partial charge in [-0.25, -0.2) is 0 Å². The van der Waals surface area contributed by atoms with Gasteiger partial charge >= 0.3 is 5.97 Å². The molecule has 0 radical (unpaired) electrons. The second kappa shape index (κ2) is 11.6. The van der Waals surface area contributed by atoms with Crippen LogP contribution < -0.4 is 10.6 Å². The van der Waals surface area contributed by atoms with E-state index in [-0.39, 0.29) is 25.0 Å². The number of carbonyl (C=O) groups excluding carboxylic acids is 3. The van der Waals surface area contributed by atoms with Crippen LogP contribution in [0.2, 0.25) is 0 Å². The van der Waals surface area contributed by atoms with E-state index in [2.05, 4.69) is 33.5 Å². The molecule has 0 heterocycles. The molecule has 0 aliphatic carbocycles. The van der Waals surface area contributed by atoms with Gasteiger partial charge in [-0.2, -0.15) is 0 Å². The van der Waals surface area contributed by atoms with Crippen LogP contribution in [0.15, 0.2) is 28.7 Å². The zero-order chi connectivity index (χ0) is 17.8. The number of halogens is 1. The molecule has 0 aliphatic heterocycles. The zero-order valence-electron chi connectivity index (χ0n) is 13.8. The number of hydrogen-bond acceptors (Lipinski definition) is 4. The molecule has 1 aromatic rings. The van der Waals surface area contributed by atoms with Crippen LogP contribution in [-0.2, 0) is 14.3 Å². The number of rotatable bonds is 10. The predicted octanol–water partition coefficient (Wildman–Crippen LogP) is 2.42. The van der Waals surface area contributed by atoms with E-state index in [1.54, 1.807) is 24.3 Å².